The van der Waals surface area contributed by atoms with Gasteiger partial charge >= 0.3 is 6.09 Å². The summed E-state index contributed by atoms with van der Waals surface area (Å²) >= 11 is 5.80. The number of amides is 1. The lowest BCUT2D eigenvalue weighted by atomic mass is 10.2. The van der Waals surface area contributed by atoms with Crippen molar-refractivity contribution >= 4 is 17.7 Å². The first-order chi connectivity index (χ1) is 7.13. The van der Waals surface area contributed by atoms with Gasteiger partial charge in [0.05, 0.1) is 11.1 Å². The van der Waals surface area contributed by atoms with Gasteiger partial charge in [-0.2, -0.15) is 5.26 Å². The number of rotatable bonds is 2. The van der Waals surface area contributed by atoms with E-state index < -0.39 is 6.09 Å². The number of nitriles is 1. The van der Waals surface area contributed by atoms with Crippen LogP contribution in [-0.4, -0.2) is 12.6 Å². The van der Waals surface area contributed by atoms with Gasteiger partial charge < -0.3 is 10.1 Å². The molecule has 15 heavy (non-hydrogen) atoms. The van der Waals surface area contributed by atoms with Crippen LogP contribution >= 0.6 is 11.6 Å². The Labute approximate surface area is 92.4 Å². The second kappa shape index (κ2) is 5.23. The summed E-state index contributed by atoms with van der Waals surface area (Å²) < 4.78 is 4.89. The normalized spacial score (nSPS) is 9.13. The number of ether oxygens (including phenoxy) is 1. The van der Waals surface area contributed by atoms with E-state index in [0.29, 0.717) is 5.02 Å². The molecule has 0 spiro atoms. The average Bonchev–Trinajstić information content (AvgIpc) is 2.20. The van der Waals surface area contributed by atoms with Crippen LogP contribution in [0.25, 0.3) is 0 Å². The number of halogens is 1. The van der Waals surface area contributed by atoms with Gasteiger partial charge in [0.1, 0.15) is 6.54 Å². The number of nitrogens with one attached hydrogen (secondary N) is 1. The molecule has 5 heteroatoms. The minimum absolute atomic E-state index is 0.0950. The van der Waals surface area contributed by atoms with E-state index in [9.17, 15) is 4.79 Å². The lowest BCUT2D eigenvalue weighted by Crippen LogP contribution is -2.27. The van der Waals surface area contributed by atoms with E-state index in [2.05, 4.69) is 5.32 Å². The first-order valence-corrected chi connectivity index (χ1v) is 4.60. The van der Waals surface area contributed by atoms with Crippen molar-refractivity contribution in [1.82, 2.24) is 5.32 Å². The van der Waals surface area contributed by atoms with Gasteiger partial charge in [-0.05, 0) is 24.6 Å². The molecule has 0 aliphatic carbocycles. The molecule has 0 fully saturated rings. The maximum absolute atomic E-state index is 11.1. The van der Waals surface area contributed by atoms with Gasteiger partial charge in [-0.15, -0.1) is 0 Å². The van der Waals surface area contributed by atoms with Gasteiger partial charge in [0.15, 0.2) is 5.75 Å². The Kier molecular flexibility index (Phi) is 3.95. The van der Waals surface area contributed by atoms with Crippen molar-refractivity contribution in [3.05, 3.63) is 28.8 Å². The monoisotopic (exact) mass is 224 g/mol. The van der Waals surface area contributed by atoms with Gasteiger partial charge in [0.25, 0.3) is 0 Å². The third-order valence-corrected chi connectivity index (χ3v) is 1.91. The number of carbonyl (C=O) groups excluding carboxylic acids is 1. The first kappa shape index (κ1) is 11.3. The van der Waals surface area contributed by atoms with E-state index in [4.69, 9.17) is 21.6 Å². The summed E-state index contributed by atoms with van der Waals surface area (Å²) in [5.74, 6) is 0.284. The summed E-state index contributed by atoms with van der Waals surface area (Å²) in [5, 5.41) is 10.8. The molecule has 0 aliphatic heterocycles. The summed E-state index contributed by atoms with van der Waals surface area (Å²) in [7, 11) is 0. The van der Waals surface area contributed by atoms with Gasteiger partial charge in [0.2, 0.25) is 0 Å². The topological polar surface area (TPSA) is 62.1 Å². The Morgan fingerprint density at radius 1 is 1.67 bits per heavy atom. The minimum atomic E-state index is -0.691. The molecule has 0 unspecified atom stereocenters. The molecule has 0 atom stereocenters. The smallest absolute Gasteiger partial charge is 0.409 e. The predicted octanol–water partition coefficient (Wildman–Crippen LogP) is 2.26. The van der Waals surface area contributed by atoms with Gasteiger partial charge in [-0.3, -0.25) is 0 Å². The highest BCUT2D eigenvalue weighted by Crippen LogP contribution is 2.25. The van der Waals surface area contributed by atoms with Gasteiger partial charge in [-0.1, -0.05) is 17.7 Å². The van der Waals surface area contributed by atoms with E-state index in [1.165, 1.54) is 0 Å². The van der Waals surface area contributed by atoms with Crippen LogP contribution in [0.4, 0.5) is 4.79 Å². The lowest BCUT2D eigenvalue weighted by Gasteiger charge is -2.06. The lowest BCUT2D eigenvalue weighted by molar-refractivity contribution is 0.202. The van der Waals surface area contributed by atoms with Crippen molar-refractivity contribution in [3.63, 3.8) is 0 Å². The predicted molar refractivity (Wildman–Crippen MR) is 55.8 cm³/mol. The van der Waals surface area contributed by atoms with Crippen molar-refractivity contribution < 1.29 is 9.53 Å². The minimum Gasteiger partial charge on any atom is -0.409 e. The molecule has 0 saturated carbocycles. The molecular weight excluding hydrogens is 216 g/mol. The Hall–Kier alpha value is -1.73. The van der Waals surface area contributed by atoms with Crippen LogP contribution in [0.3, 0.4) is 0 Å². The zero-order valence-electron chi connectivity index (χ0n) is 8.08. The highest BCUT2D eigenvalue weighted by molar-refractivity contribution is 6.32. The van der Waals surface area contributed by atoms with Crippen LogP contribution in [-0.2, 0) is 0 Å². The van der Waals surface area contributed by atoms with Crippen LogP contribution < -0.4 is 10.1 Å². The molecule has 1 aromatic carbocycles. The molecular formula is C10H9ClN2O2. The summed E-state index contributed by atoms with van der Waals surface area (Å²) in [6.45, 7) is 1.76. The molecule has 0 saturated heterocycles. The van der Waals surface area contributed by atoms with Crippen LogP contribution in [0.15, 0.2) is 18.2 Å². The van der Waals surface area contributed by atoms with E-state index in [1.807, 2.05) is 13.0 Å². The van der Waals surface area contributed by atoms with Crippen LogP contribution in [0.2, 0.25) is 5.02 Å². The van der Waals surface area contributed by atoms with E-state index in [0.717, 1.165) is 5.56 Å². The fourth-order valence-electron chi connectivity index (χ4n) is 0.936. The first-order valence-electron chi connectivity index (χ1n) is 4.22. The Morgan fingerprint density at radius 2 is 2.40 bits per heavy atom. The average molecular weight is 225 g/mol. The molecule has 0 aromatic heterocycles. The number of benzene rings is 1. The highest BCUT2D eigenvalue weighted by Gasteiger charge is 2.07. The fraction of sp³-hybridized carbons (Fsp3) is 0.200. The second-order valence-corrected chi connectivity index (χ2v) is 3.24. The molecule has 0 aliphatic rings. The van der Waals surface area contributed by atoms with Gasteiger partial charge in [-0.25, -0.2) is 4.79 Å². The van der Waals surface area contributed by atoms with Gasteiger partial charge in [0, 0.05) is 0 Å². The Bertz CT molecular complexity index is 412. The number of carbonyl (C=O) groups is 1. The molecule has 1 rings (SSSR count). The third-order valence-electron chi connectivity index (χ3n) is 1.60. The third kappa shape index (κ3) is 3.49. The molecule has 78 valence electrons. The zero-order valence-corrected chi connectivity index (χ0v) is 8.84. The maximum atomic E-state index is 11.1. The summed E-state index contributed by atoms with van der Waals surface area (Å²) in [6.07, 6.45) is -0.691. The van der Waals surface area contributed by atoms with Crippen molar-refractivity contribution in [3.8, 4) is 11.8 Å². The number of hydrogen-bond acceptors (Lipinski definition) is 3. The van der Waals surface area contributed by atoms with E-state index in [-0.39, 0.29) is 12.3 Å². The maximum Gasteiger partial charge on any atom is 0.413 e. The van der Waals surface area contributed by atoms with E-state index >= 15 is 0 Å². The van der Waals surface area contributed by atoms with Crippen molar-refractivity contribution in [2.45, 2.75) is 6.92 Å². The fourth-order valence-corrected chi connectivity index (χ4v) is 1.09. The second-order valence-electron chi connectivity index (χ2n) is 2.84. The number of aryl methyl sites for hydroxylation is 1. The quantitative estimate of drug-likeness (QED) is 0.784. The van der Waals surface area contributed by atoms with Crippen molar-refractivity contribution in [2.24, 2.45) is 0 Å². The van der Waals surface area contributed by atoms with Crippen molar-refractivity contribution in [2.75, 3.05) is 6.54 Å². The zero-order chi connectivity index (χ0) is 11.3. The molecule has 0 radical (unpaired) electrons. The van der Waals surface area contributed by atoms with E-state index in [1.54, 1.807) is 18.2 Å². The molecule has 0 bridgehead atoms. The van der Waals surface area contributed by atoms with Crippen LogP contribution in [0.1, 0.15) is 5.56 Å². The largest absolute Gasteiger partial charge is 0.413 e. The molecule has 4 nitrogen and oxygen atoms in total. The number of nitrogens with zero attached hydrogens (tertiary/aromatic N) is 1. The van der Waals surface area contributed by atoms with Crippen LogP contribution in [0, 0.1) is 18.3 Å². The summed E-state index contributed by atoms with van der Waals surface area (Å²) in [6, 6.07) is 6.86. The number of hydrogen-bond donors (Lipinski definition) is 1. The Balaban J connectivity index is 2.68. The summed E-state index contributed by atoms with van der Waals surface area (Å²) in [5.41, 5.74) is 0.933. The summed E-state index contributed by atoms with van der Waals surface area (Å²) in [4.78, 5) is 11.1. The molecule has 1 N–H and O–H groups in total. The molecule has 1 aromatic rings. The Morgan fingerprint density at radius 3 is 3.07 bits per heavy atom. The molecule has 1 amide bonds. The SMILES string of the molecule is Cc1ccc(Cl)c(OC(=O)NCC#N)c1. The van der Waals surface area contributed by atoms with Crippen LogP contribution in [0.5, 0.6) is 5.75 Å². The molecule has 0 heterocycles. The van der Waals surface area contributed by atoms with Crippen molar-refractivity contribution in [1.29, 1.82) is 5.26 Å². The highest BCUT2D eigenvalue weighted by atomic mass is 35.5. The standard InChI is InChI=1S/C10H9ClN2O2/c1-7-2-3-8(11)9(6-7)15-10(14)13-5-4-12/h2-3,6H,5H2,1H3,(H,13,14).